The molecule has 0 aliphatic carbocycles. The van der Waals surface area contributed by atoms with Crippen molar-refractivity contribution in [3.63, 3.8) is 0 Å². The number of alkyl halides is 2. The van der Waals surface area contributed by atoms with Crippen molar-refractivity contribution in [2.24, 2.45) is 0 Å². The van der Waals surface area contributed by atoms with E-state index in [1.165, 1.54) is 12.3 Å². The molecule has 2 aromatic heterocycles. The van der Waals surface area contributed by atoms with Gasteiger partial charge in [-0.25, -0.2) is 13.8 Å². The molecule has 0 unspecified atom stereocenters. The van der Waals surface area contributed by atoms with Crippen molar-refractivity contribution < 1.29 is 14.0 Å². The highest BCUT2D eigenvalue weighted by Gasteiger charge is 2.16. The minimum Gasteiger partial charge on any atom is -0.426 e. The van der Waals surface area contributed by atoms with Crippen molar-refractivity contribution in [2.45, 2.75) is 6.43 Å². The van der Waals surface area contributed by atoms with E-state index in [0.29, 0.717) is 10.1 Å². The first-order chi connectivity index (χ1) is 6.20. The maximum absolute atomic E-state index is 12.3. The zero-order chi connectivity index (χ0) is 9.42. The van der Waals surface area contributed by atoms with Crippen molar-refractivity contribution in [3.05, 3.63) is 30.1 Å². The van der Waals surface area contributed by atoms with E-state index < -0.39 is 12.1 Å². The predicted octanol–water partition coefficient (Wildman–Crippen LogP) is 2.21. The summed E-state index contributed by atoms with van der Waals surface area (Å²) < 4.78 is 24.9. The van der Waals surface area contributed by atoms with E-state index >= 15 is 0 Å². The van der Waals surface area contributed by atoms with Crippen molar-refractivity contribution in [2.75, 3.05) is 0 Å². The van der Waals surface area contributed by atoms with Gasteiger partial charge in [0.25, 0.3) is 6.43 Å². The van der Waals surface area contributed by atoms with E-state index in [9.17, 15) is 14.0 Å². The van der Waals surface area contributed by atoms with Crippen LogP contribution in [0.3, 0.4) is 0 Å². The summed E-state index contributed by atoms with van der Waals surface area (Å²) in [5, 5.41) is 9.73. The van der Waals surface area contributed by atoms with Crippen LogP contribution in [0.4, 0.5) is 8.78 Å². The molecule has 0 bridgehead atoms. The summed E-state index contributed by atoms with van der Waals surface area (Å²) in [6, 6.07) is 4.45. The van der Waals surface area contributed by atoms with Crippen LogP contribution in [0, 0.1) is 0 Å². The number of fused-ring (bicyclic) bond motifs is 1. The third kappa shape index (κ3) is 1.12. The fraction of sp³-hybridized carbons (Fsp3) is 0.125. The van der Waals surface area contributed by atoms with Crippen LogP contribution in [-0.4, -0.2) is 14.9 Å². The number of hydrogen-bond acceptors (Lipinski definition) is 2. The van der Waals surface area contributed by atoms with Gasteiger partial charge in [0.2, 0.25) is 0 Å². The van der Waals surface area contributed by atoms with Crippen LogP contribution in [-0.2, 0) is 0 Å². The van der Waals surface area contributed by atoms with Crippen molar-refractivity contribution in [3.8, 4) is 0 Å². The second-order valence-corrected chi connectivity index (χ2v) is 2.60. The number of pyridine rings is 1. The summed E-state index contributed by atoms with van der Waals surface area (Å²) in [5.41, 5.74) is -0.286. The Labute approximate surface area is 72.2 Å². The van der Waals surface area contributed by atoms with E-state index in [1.54, 1.807) is 12.1 Å². The Morgan fingerprint density at radius 1 is 1.46 bits per heavy atom. The molecule has 0 atom stereocenters. The first-order valence-electron chi connectivity index (χ1n) is 3.64. The molecule has 0 aliphatic heterocycles. The summed E-state index contributed by atoms with van der Waals surface area (Å²) in [6.07, 6.45) is -1.26. The monoisotopic (exact) mass is 184 g/mol. The van der Waals surface area contributed by atoms with E-state index in [0.717, 1.165) is 0 Å². The first-order valence-corrected chi connectivity index (χ1v) is 3.64. The van der Waals surface area contributed by atoms with Crippen LogP contribution in [0.5, 0.6) is 0 Å². The van der Waals surface area contributed by atoms with Gasteiger partial charge in [-0.05, 0) is 18.2 Å². The lowest BCUT2D eigenvalue weighted by Gasteiger charge is -1.98. The second kappa shape index (κ2) is 2.69. The molecule has 0 saturated carbocycles. The summed E-state index contributed by atoms with van der Waals surface area (Å²) >= 11 is 0. The van der Waals surface area contributed by atoms with Crippen LogP contribution in [0.15, 0.2) is 24.4 Å². The third-order valence-electron chi connectivity index (χ3n) is 1.79. The maximum atomic E-state index is 12.3. The highest BCUT2D eigenvalue weighted by atomic mass is 19.3. The molecule has 0 spiro atoms. The molecule has 1 N–H and O–H groups in total. The molecule has 0 amide bonds. The van der Waals surface area contributed by atoms with Gasteiger partial charge in [0, 0.05) is 11.6 Å². The summed E-state index contributed by atoms with van der Waals surface area (Å²) in [7, 11) is 0. The Hall–Kier alpha value is -1.65. The number of halogens is 2. The number of nitrogens with zero attached hydrogens (tertiary/aromatic N) is 2. The van der Waals surface area contributed by atoms with Crippen LogP contribution < -0.4 is 0 Å². The molecule has 2 rings (SSSR count). The lowest BCUT2D eigenvalue weighted by molar-refractivity contribution is 0.100. The summed E-state index contributed by atoms with van der Waals surface area (Å²) in [6.45, 7) is 0. The molecule has 5 heteroatoms. The quantitative estimate of drug-likeness (QED) is 0.690. The van der Waals surface area contributed by atoms with Crippen LogP contribution >= 0.6 is 0 Å². The molecule has 68 valence electrons. The molecule has 2 aromatic rings. The molecular formula is C8H6F2N2O. The van der Waals surface area contributed by atoms with Gasteiger partial charge in [-0.3, -0.25) is 0 Å². The average Bonchev–Trinajstić information content (AvgIpc) is 2.45. The van der Waals surface area contributed by atoms with E-state index in [2.05, 4.69) is 4.98 Å². The normalized spacial score (nSPS) is 11.3. The topological polar surface area (TPSA) is 38.0 Å². The lowest BCUT2D eigenvalue weighted by atomic mass is 10.3. The molecular weight excluding hydrogens is 178 g/mol. The number of aromatic nitrogens is 2. The van der Waals surface area contributed by atoms with Gasteiger partial charge in [-0.15, -0.1) is 0 Å². The van der Waals surface area contributed by atoms with E-state index in [1.807, 2.05) is 0 Å². The lowest BCUT2D eigenvalue weighted by Crippen LogP contribution is -1.98. The molecule has 3 nitrogen and oxygen atoms in total. The average molecular weight is 184 g/mol. The second-order valence-electron chi connectivity index (χ2n) is 2.60. The third-order valence-corrected chi connectivity index (χ3v) is 1.79. The molecule has 0 fully saturated rings. The van der Waals surface area contributed by atoms with Crippen LogP contribution in [0.1, 0.15) is 12.1 Å². The van der Waals surface area contributed by atoms with Gasteiger partial charge in [0.1, 0.15) is 5.69 Å². The highest BCUT2D eigenvalue weighted by Crippen LogP contribution is 2.24. The Kier molecular flexibility index (Phi) is 1.65. The number of hydrogen-bond donors (Lipinski definition) is 1. The zero-order valence-electron chi connectivity index (χ0n) is 6.48. The largest absolute Gasteiger partial charge is 0.426 e. The smallest absolute Gasteiger partial charge is 0.281 e. The molecule has 2 heterocycles. The minimum absolute atomic E-state index is 0.151. The van der Waals surface area contributed by atoms with Crippen molar-refractivity contribution in [1.29, 1.82) is 0 Å². The molecule has 0 saturated heterocycles. The standard InChI is InChI=1S/C8H6F2N2O/c9-7(10)6-4-5-2-1-3-11-8(5)12(6)13/h1-4,7,13H. The highest BCUT2D eigenvalue weighted by molar-refractivity contribution is 5.76. The fourth-order valence-corrected chi connectivity index (χ4v) is 1.20. The van der Waals surface area contributed by atoms with Gasteiger partial charge in [-0.2, -0.15) is 4.73 Å². The van der Waals surface area contributed by atoms with Gasteiger partial charge in [-0.1, -0.05) is 0 Å². The zero-order valence-corrected chi connectivity index (χ0v) is 6.48. The van der Waals surface area contributed by atoms with Gasteiger partial charge < -0.3 is 5.21 Å². The molecule has 0 aliphatic rings. The van der Waals surface area contributed by atoms with E-state index in [4.69, 9.17) is 0 Å². The van der Waals surface area contributed by atoms with Crippen molar-refractivity contribution >= 4 is 11.0 Å². The maximum Gasteiger partial charge on any atom is 0.281 e. The van der Waals surface area contributed by atoms with Crippen molar-refractivity contribution in [1.82, 2.24) is 9.71 Å². The summed E-state index contributed by atoms with van der Waals surface area (Å²) in [5.74, 6) is 0. The van der Waals surface area contributed by atoms with Gasteiger partial charge in [0.05, 0.1) is 0 Å². The van der Waals surface area contributed by atoms with Crippen LogP contribution in [0.2, 0.25) is 0 Å². The van der Waals surface area contributed by atoms with Gasteiger partial charge >= 0.3 is 0 Å². The molecule has 0 radical (unpaired) electrons. The fourth-order valence-electron chi connectivity index (χ4n) is 1.20. The predicted molar refractivity (Wildman–Crippen MR) is 41.9 cm³/mol. The molecule has 13 heavy (non-hydrogen) atoms. The summed E-state index contributed by atoms with van der Waals surface area (Å²) in [4.78, 5) is 3.76. The van der Waals surface area contributed by atoms with Crippen LogP contribution in [0.25, 0.3) is 11.0 Å². The SMILES string of the molecule is On1c(C(F)F)cc2cccnc21. The first kappa shape index (κ1) is 7.97. The minimum atomic E-state index is -2.70. The Morgan fingerprint density at radius 3 is 2.85 bits per heavy atom. The number of rotatable bonds is 1. The Morgan fingerprint density at radius 2 is 2.23 bits per heavy atom. The Bertz CT molecular complexity index is 439. The van der Waals surface area contributed by atoms with E-state index in [-0.39, 0.29) is 5.65 Å². The Balaban J connectivity index is 2.74. The molecule has 0 aromatic carbocycles. The van der Waals surface area contributed by atoms with Gasteiger partial charge in [0.15, 0.2) is 5.65 Å².